The molecule has 152 valence electrons. The number of alkyl halides is 3. The van der Waals surface area contributed by atoms with E-state index in [9.17, 15) is 21.6 Å². The predicted molar refractivity (Wildman–Crippen MR) is 97.1 cm³/mol. The molecule has 2 saturated heterocycles. The topological polar surface area (TPSA) is 49.9 Å². The summed E-state index contributed by atoms with van der Waals surface area (Å²) < 4.78 is 69.5. The van der Waals surface area contributed by atoms with Crippen molar-refractivity contribution in [2.45, 2.75) is 28.1 Å². The first kappa shape index (κ1) is 20.9. The highest BCUT2D eigenvalue weighted by Gasteiger charge is 2.32. The molecule has 5 nitrogen and oxygen atoms in total. The molecule has 0 aromatic heterocycles. The van der Waals surface area contributed by atoms with Gasteiger partial charge in [0.15, 0.2) is 0 Å². The van der Waals surface area contributed by atoms with E-state index in [2.05, 4.69) is 4.90 Å². The Morgan fingerprint density at radius 2 is 1.63 bits per heavy atom. The number of benzene rings is 1. The van der Waals surface area contributed by atoms with Gasteiger partial charge in [0.25, 0.3) is 0 Å². The van der Waals surface area contributed by atoms with Crippen LogP contribution in [0.1, 0.15) is 12.8 Å². The van der Waals surface area contributed by atoms with Gasteiger partial charge >= 0.3 is 5.51 Å². The summed E-state index contributed by atoms with van der Waals surface area (Å²) in [6.45, 7) is 5.17. The van der Waals surface area contributed by atoms with E-state index in [1.807, 2.05) is 0 Å². The van der Waals surface area contributed by atoms with Crippen molar-refractivity contribution in [1.29, 1.82) is 0 Å². The zero-order valence-electron chi connectivity index (χ0n) is 14.8. The van der Waals surface area contributed by atoms with Crippen LogP contribution in [0.15, 0.2) is 34.1 Å². The van der Waals surface area contributed by atoms with Crippen LogP contribution in [0, 0.1) is 5.92 Å². The third-order valence-corrected chi connectivity index (χ3v) is 7.54. The Kier molecular flexibility index (Phi) is 6.73. The molecule has 2 aliphatic heterocycles. The third-order valence-electron chi connectivity index (χ3n) is 4.89. The first-order valence-electron chi connectivity index (χ1n) is 8.90. The molecule has 0 aliphatic carbocycles. The van der Waals surface area contributed by atoms with Gasteiger partial charge in [0.05, 0.1) is 18.1 Å². The maximum Gasteiger partial charge on any atom is 0.446 e. The third kappa shape index (κ3) is 5.83. The van der Waals surface area contributed by atoms with Crippen LogP contribution in [0.4, 0.5) is 13.2 Å². The molecule has 1 aromatic rings. The van der Waals surface area contributed by atoms with Crippen molar-refractivity contribution >= 4 is 21.8 Å². The van der Waals surface area contributed by atoms with Gasteiger partial charge in [0, 0.05) is 37.6 Å². The maximum atomic E-state index is 12.8. The molecular formula is C17H23F3N2O3S2. The Morgan fingerprint density at radius 1 is 1.04 bits per heavy atom. The smallest absolute Gasteiger partial charge is 0.379 e. The Labute approximate surface area is 161 Å². The lowest BCUT2D eigenvalue weighted by molar-refractivity contribution is -0.0328. The molecule has 3 rings (SSSR count). The van der Waals surface area contributed by atoms with Gasteiger partial charge in [-0.05, 0) is 54.8 Å². The van der Waals surface area contributed by atoms with Gasteiger partial charge in [-0.15, -0.1) is 0 Å². The van der Waals surface area contributed by atoms with Crippen LogP contribution >= 0.6 is 11.8 Å². The van der Waals surface area contributed by atoms with E-state index in [4.69, 9.17) is 4.74 Å². The van der Waals surface area contributed by atoms with Gasteiger partial charge in [0.2, 0.25) is 10.0 Å². The lowest BCUT2D eigenvalue weighted by atomic mass is 9.97. The number of halogens is 3. The summed E-state index contributed by atoms with van der Waals surface area (Å²) in [7, 11) is -3.67. The largest absolute Gasteiger partial charge is 0.446 e. The van der Waals surface area contributed by atoms with Crippen LogP contribution in [-0.2, 0) is 14.8 Å². The summed E-state index contributed by atoms with van der Waals surface area (Å²) in [5, 5.41) is 0. The van der Waals surface area contributed by atoms with Crippen molar-refractivity contribution in [3.8, 4) is 0 Å². The van der Waals surface area contributed by atoms with E-state index in [0.717, 1.165) is 45.7 Å². The molecule has 2 heterocycles. The van der Waals surface area contributed by atoms with Crippen molar-refractivity contribution in [3.63, 3.8) is 0 Å². The van der Waals surface area contributed by atoms with E-state index >= 15 is 0 Å². The average Bonchev–Trinajstić information content (AvgIpc) is 2.62. The second-order valence-electron chi connectivity index (χ2n) is 6.78. The molecule has 0 saturated carbocycles. The zero-order valence-corrected chi connectivity index (χ0v) is 16.5. The first-order valence-corrected chi connectivity index (χ1v) is 11.2. The molecular weight excluding hydrogens is 401 g/mol. The minimum absolute atomic E-state index is 0.0225. The van der Waals surface area contributed by atoms with Gasteiger partial charge in [-0.25, -0.2) is 8.42 Å². The summed E-state index contributed by atoms with van der Waals surface area (Å²) in [4.78, 5) is 2.38. The Bertz CT molecular complexity index is 712. The number of piperidine rings is 1. The van der Waals surface area contributed by atoms with Crippen molar-refractivity contribution in [1.82, 2.24) is 9.21 Å². The normalized spacial score (nSPS) is 21.4. The van der Waals surface area contributed by atoms with Crippen molar-refractivity contribution < 1.29 is 26.3 Å². The summed E-state index contributed by atoms with van der Waals surface area (Å²) in [5.74, 6) is 0.458. The summed E-state index contributed by atoms with van der Waals surface area (Å²) in [6, 6.07) is 4.92. The zero-order chi connectivity index (χ0) is 19.5. The number of hydrogen-bond donors (Lipinski definition) is 0. The van der Waals surface area contributed by atoms with E-state index in [0.29, 0.717) is 19.0 Å². The van der Waals surface area contributed by atoms with Crippen molar-refractivity contribution in [2.24, 2.45) is 5.92 Å². The molecule has 0 spiro atoms. The predicted octanol–water partition coefficient (Wildman–Crippen LogP) is 3.03. The maximum absolute atomic E-state index is 12.8. The quantitative estimate of drug-likeness (QED) is 0.680. The average molecular weight is 425 g/mol. The molecule has 0 atom stereocenters. The second-order valence-corrected chi connectivity index (χ2v) is 9.86. The molecule has 27 heavy (non-hydrogen) atoms. The van der Waals surface area contributed by atoms with Crippen LogP contribution in [0.5, 0.6) is 0 Å². The van der Waals surface area contributed by atoms with Crippen LogP contribution in [-0.4, -0.2) is 69.1 Å². The van der Waals surface area contributed by atoms with Gasteiger partial charge in [-0.1, -0.05) is 0 Å². The SMILES string of the molecule is O=S(=O)(c1ccc(SC(F)(F)F)cc1)N1CCC(CN2CCOCC2)CC1. The highest BCUT2D eigenvalue weighted by molar-refractivity contribution is 8.00. The van der Waals surface area contributed by atoms with Gasteiger partial charge < -0.3 is 4.74 Å². The molecule has 1 aromatic carbocycles. The highest BCUT2D eigenvalue weighted by Crippen LogP contribution is 2.37. The fraction of sp³-hybridized carbons (Fsp3) is 0.647. The second kappa shape index (κ2) is 8.69. The molecule has 10 heteroatoms. The van der Waals surface area contributed by atoms with E-state index in [1.165, 1.54) is 28.6 Å². The number of hydrogen-bond acceptors (Lipinski definition) is 5. The Morgan fingerprint density at radius 3 is 2.19 bits per heavy atom. The Balaban J connectivity index is 1.56. The summed E-state index contributed by atoms with van der Waals surface area (Å²) in [5.41, 5.74) is -4.39. The van der Waals surface area contributed by atoms with Crippen molar-refractivity contribution in [2.75, 3.05) is 45.9 Å². The molecule has 2 aliphatic rings. The number of sulfonamides is 1. The van der Waals surface area contributed by atoms with Crippen molar-refractivity contribution in [3.05, 3.63) is 24.3 Å². The van der Waals surface area contributed by atoms with E-state index < -0.39 is 15.5 Å². The number of rotatable bonds is 5. The molecule has 0 unspecified atom stereocenters. The van der Waals surface area contributed by atoms with E-state index in [1.54, 1.807) is 0 Å². The van der Waals surface area contributed by atoms with E-state index in [-0.39, 0.29) is 21.6 Å². The highest BCUT2D eigenvalue weighted by atomic mass is 32.2. The fourth-order valence-electron chi connectivity index (χ4n) is 3.44. The molecule has 0 radical (unpaired) electrons. The van der Waals surface area contributed by atoms with Crippen LogP contribution in [0.25, 0.3) is 0 Å². The first-order chi connectivity index (χ1) is 12.7. The number of nitrogens with zero attached hydrogens (tertiary/aromatic N) is 2. The summed E-state index contributed by atoms with van der Waals surface area (Å²) in [6.07, 6.45) is 1.58. The lowest BCUT2D eigenvalue weighted by Crippen LogP contribution is -2.44. The molecule has 0 amide bonds. The van der Waals surface area contributed by atoms with Gasteiger partial charge in [-0.2, -0.15) is 17.5 Å². The van der Waals surface area contributed by atoms with Crippen LogP contribution in [0.3, 0.4) is 0 Å². The minimum Gasteiger partial charge on any atom is -0.379 e. The summed E-state index contributed by atoms with van der Waals surface area (Å²) >= 11 is -0.250. The lowest BCUT2D eigenvalue weighted by Gasteiger charge is -2.35. The monoisotopic (exact) mass is 424 g/mol. The fourth-order valence-corrected chi connectivity index (χ4v) is 5.45. The van der Waals surface area contributed by atoms with Gasteiger partial charge in [0.1, 0.15) is 0 Å². The standard InChI is InChI=1S/C17H23F3N2O3S2/c18-17(19,20)26-15-1-3-16(4-2-15)27(23,24)22-7-5-14(6-8-22)13-21-9-11-25-12-10-21/h1-4,14H,5-13H2. The van der Waals surface area contributed by atoms with Crippen LogP contribution < -0.4 is 0 Å². The molecule has 2 fully saturated rings. The van der Waals surface area contributed by atoms with Gasteiger partial charge in [-0.3, -0.25) is 4.90 Å². The number of thioether (sulfide) groups is 1. The molecule has 0 N–H and O–H groups in total. The number of ether oxygens (including phenoxy) is 1. The number of morpholine rings is 1. The minimum atomic E-state index is -4.39. The molecule has 0 bridgehead atoms. The van der Waals surface area contributed by atoms with Crippen LogP contribution in [0.2, 0.25) is 0 Å². The Hall–Kier alpha value is -0.810.